The van der Waals surface area contributed by atoms with E-state index in [2.05, 4.69) is 13.2 Å². The quantitative estimate of drug-likeness (QED) is 0.392. The monoisotopic (exact) mass is 366 g/mol. The molecule has 0 bridgehead atoms. The van der Waals surface area contributed by atoms with Crippen LogP contribution in [0.15, 0.2) is 86.3 Å². The Morgan fingerprint density at radius 3 is 1.85 bits per heavy atom. The maximum atomic E-state index is 11.3. The number of carbonyl (C=O) groups is 2. The van der Waals surface area contributed by atoms with Crippen LogP contribution in [0, 0.1) is 0 Å². The number of esters is 2. The van der Waals surface area contributed by atoms with E-state index in [4.69, 9.17) is 18.9 Å². The van der Waals surface area contributed by atoms with Gasteiger partial charge in [0.05, 0.1) is 0 Å². The molecule has 0 radical (unpaired) electrons. The first-order valence-corrected chi connectivity index (χ1v) is 7.87. The lowest BCUT2D eigenvalue weighted by Crippen LogP contribution is -1.99. The molecule has 0 atom stereocenters. The van der Waals surface area contributed by atoms with E-state index in [1.54, 1.807) is 31.2 Å². The van der Waals surface area contributed by atoms with Crippen molar-refractivity contribution in [3.05, 3.63) is 86.3 Å². The molecule has 0 aromatic heterocycles. The van der Waals surface area contributed by atoms with Gasteiger partial charge in [-0.25, -0.2) is 9.59 Å². The molecule has 0 aliphatic heterocycles. The molecule has 0 saturated heterocycles. The Labute approximate surface area is 156 Å². The van der Waals surface area contributed by atoms with Crippen molar-refractivity contribution in [3.63, 3.8) is 0 Å². The van der Waals surface area contributed by atoms with Gasteiger partial charge >= 0.3 is 11.9 Å². The minimum absolute atomic E-state index is 0.290. The summed E-state index contributed by atoms with van der Waals surface area (Å²) in [6.45, 7) is 8.33. The van der Waals surface area contributed by atoms with Crippen LogP contribution in [-0.4, -0.2) is 11.9 Å². The lowest BCUT2D eigenvalue weighted by atomic mass is 10.1. The fourth-order valence-electron chi connectivity index (χ4n) is 1.99. The van der Waals surface area contributed by atoms with Gasteiger partial charge in [-0.05, 0) is 19.1 Å². The highest BCUT2D eigenvalue weighted by Gasteiger charge is 2.06. The van der Waals surface area contributed by atoms with E-state index in [1.807, 2.05) is 12.1 Å². The summed E-state index contributed by atoms with van der Waals surface area (Å²) in [5.41, 5.74) is 0.290. The fraction of sp³-hybridized carbons (Fsp3) is 0.0476. The van der Waals surface area contributed by atoms with Gasteiger partial charge in [0, 0.05) is 22.4 Å². The van der Waals surface area contributed by atoms with Crippen molar-refractivity contribution in [1.82, 2.24) is 0 Å². The first-order chi connectivity index (χ1) is 13.0. The number of hydrogen-bond donors (Lipinski definition) is 0. The molecule has 0 heterocycles. The van der Waals surface area contributed by atoms with Crippen LogP contribution in [0.25, 0.3) is 10.8 Å². The van der Waals surface area contributed by atoms with Crippen LogP contribution in [0.4, 0.5) is 0 Å². The predicted octanol–water partition coefficient (Wildman–Crippen LogP) is 4.39. The Morgan fingerprint density at radius 1 is 0.852 bits per heavy atom. The third-order valence-corrected chi connectivity index (χ3v) is 3.22. The summed E-state index contributed by atoms with van der Waals surface area (Å²) in [7, 11) is 0. The lowest BCUT2D eigenvalue weighted by molar-refractivity contribution is -0.134. The summed E-state index contributed by atoms with van der Waals surface area (Å²) in [5.74, 6) is -0.0285. The van der Waals surface area contributed by atoms with Crippen molar-refractivity contribution in [2.75, 3.05) is 0 Å². The number of hydrogen-bond acceptors (Lipinski definition) is 6. The summed E-state index contributed by atoms with van der Waals surface area (Å²) in [4.78, 5) is 22.3. The van der Waals surface area contributed by atoms with E-state index in [0.29, 0.717) is 17.1 Å². The maximum absolute atomic E-state index is 11.3. The van der Waals surface area contributed by atoms with Gasteiger partial charge in [-0.3, -0.25) is 0 Å². The van der Waals surface area contributed by atoms with Crippen molar-refractivity contribution < 1.29 is 28.5 Å². The van der Waals surface area contributed by atoms with Crippen LogP contribution >= 0.6 is 0 Å². The molecule has 0 unspecified atom stereocenters. The molecule has 27 heavy (non-hydrogen) atoms. The minimum Gasteiger partial charge on any atom is -0.461 e. The molecule has 0 N–H and O–H groups in total. The molecular weight excluding hydrogens is 348 g/mol. The SMILES string of the molecule is C=CC(=O)O/C=C\Oc1cccc2c(O/C=C\OC(=O)C(=C)C)cccc12. The van der Waals surface area contributed by atoms with E-state index in [1.165, 1.54) is 12.5 Å². The average molecular weight is 366 g/mol. The number of carbonyl (C=O) groups excluding carboxylic acids is 2. The third-order valence-electron chi connectivity index (χ3n) is 3.22. The molecule has 0 aliphatic rings. The Balaban J connectivity index is 2.12. The van der Waals surface area contributed by atoms with Gasteiger partial charge in [0.15, 0.2) is 0 Å². The number of ether oxygens (including phenoxy) is 4. The highest BCUT2D eigenvalue weighted by atomic mass is 16.5. The van der Waals surface area contributed by atoms with E-state index >= 15 is 0 Å². The summed E-state index contributed by atoms with van der Waals surface area (Å²) < 4.78 is 20.6. The third kappa shape index (κ3) is 5.61. The molecule has 138 valence electrons. The molecule has 0 spiro atoms. The van der Waals surface area contributed by atoms with Crippen molar-refractivity contribution >= 4 is 22.7 Å². The maximum Gasteiger partial charge on any atom is 0.338 e. The number of benzene rings is 2. The Morgan fingerprint density at radius 2 is 1.37 bits per heavy atom. The second-order valence-electron chi connectivity index (χ2n) is 5.21. The van der Waals surface area contributed by atoms with Crippen LogP contribution in [-0.2, 0) is 19.1 Å². The lowest BCUT2D eigenvalue weighted by Gasteiger charge is -2.09. The van der Waals surface area contributed by atoms with Crippen LogP contribution in [0.2, 0.25) is 0 Å². The standard InChI is InChI=1S/C21H18O6/c1-4-20(22)26-13-11-24-18-9-5-8-17-16(18)7-6-10-19(17)25-12-14-27-21(23)15(2)3/h4-14H,1-2H2,3H3/b13-11-,14-12-. The second-order valence-corrected chi connectivity index (χ2v) is 5.21. The van der Waals surface area contributed by atoms with Gasteiger partial charge in [-0.1, -0.05) is 37.4 Å². The highest BCUT2D eigenvalue weighted by molar-refractivity contribution is 5.93. The van der Waals surface area contributed by atoms with Crippen LogP contribution in [0.5, 0.6) is 11.5 Å². The van der Waals surface area contributed by atoms with Gasteiger partial charge in [-0.15, -0.1) is 0 Å². The van der Waals surface area contributed by atoms with Gasteiger partial charge < -0.3 is 18.9 Å². The van der Waals surface area contributed by atoms with Crippen molar-refractivity contribution in [2.24, 2.45) is 0 Å². The van der Waals surface area contributed by atoms with Crippen molar-refractivity contribution in [2.45, 2.75) is 6.92 Å². The Hall–Kier alpha value is -3.80. The molecule has 6 heteroatoms. The number of fused-ring (bicyclic) bond motifs is 1. The summed E-state index contributed by atoms with van der Waals surface area (Å²) in [6, 6.07) is 10.8. The van der Waals surface area contributed by atoms with Gasteiger partial charge in [0.1, 0.15) is 36.5 Å². The Kier molecular flexibility index (Phi) is 6.96. The van der Waals surface area contributed by atoms with Crippen LogP contribution in [0.3, 0.4) is 0 Å². The van der Waals surface area contributed by atoms with Crippen molar-refractivity contribution in [3.8, 4) is 11.5 Å². The summed E-state index contributed by atoms with van der Waals surface area (Å²) in [5, 5.41) is 1.56. The van der Waals surface area contributed by atoms with Gasteiger partial charge in [0.25, 0.3) is 0 Å². The molecule has 0 saturated carbocycles. The second kappa shape index (κ2) is 9.62. The van der Waals surface area contributed by atoms with Gasteiger partial charge in [0.2, 0.25) is 0 Å². The molecular formula is C21H18O6. The zero-order valence-electron chi connectivity index (χ0n) is 14.7. The average Bonchev–Trinajstić information content (AvgIpc) is 2.68. The molecule has 2 aromatic carbocycles. The molecule has 2 rings (SSSR count). The predicted molar refractivity (Wildman–Crippen MR) is 101 cm³/mol. The van der Waals surface area contributed by atoms with Crippen LogP contribution < -0.4 is 9.47 Å². The molecule has 2 aromatic rings. The normalized spacial score (nSPS) is 10.7. The van der Waals surface area contributed by atoms with E-state index in [-0.39, 0.29) is 0 Å². The first kappa shape index (κ1) is 19.5. The Bertz CT molecular complexity index is 923. The van der Waals surface area contributed by atoms with Gasteiger partial charge in [-0.2, -0.15) is 0 Å². The number of rotatable bonds is 8. The van der Waals surface area contributed by atoms with E-state index < -0.39 is 11.9 Å². The molecule has 0 aliphatic carbocycles. The van der Waals surface area contributed by atoms with Crippen LogP contribution in [0.1, 0.15) is 6.92 Å². The fourth-order valence-corrected chi connectivity index (χ4v) is 1.99. The molecule has 0 fully saturated rings. The topological polar surface area (TPSA) is 71.1 Å². The summed E-state index contributed by atoms with van der Waals surface area (Å²) >= 11 is 0. The van der Waals surface area contributed by atoms with E-state index in [0.717, 1.165) is 29.4 Å². The summed E-state index contributed by atoms with van der Waals surface area (Å²) in [6.07, 6.45) is 5.83. The highest BCUT2D eigenvalue weighted by Crippen LogP contribution is 2.32. The first-order valence-electron chi connectivity index (χ1n) is 7.87. The zero-order chi connectivity index (χ0) is 19.6. The smallest absolute Gasteiger partial charge is 0.338 e. The largest absolute Gasteiger partial charge is 0.461 e. The van der Waals surface area contributed by atoms with E-state index in [9.17, 15) is 9.59 Å². The minimum atomic E-state index is -0.581. The molecule has 0 amide bonds. The zero-order valence-corrected chi connectivity index (χ0v) is 14.7. The van der Waals surface area contributed by atoms with Crippen molar-refractivity contribution in [1.29, 1.82) is 0 Å². The molecule has 6 nitrogen and oxygen atoms in total.